The fraction of sp³-hybridized carbons (Fsp3) is 0.562. The standard InChI is InChI=1S/C16H22F3N3O3S/c1-11-4-5-13(9-14(11)16(17,18)19)26(24,25)22-8-2-3-12(10-22)15(23)21-7-6-20/h4-5,9,12H,2-3,6-8,10,20H2,1H3,(H,21,23). The average molecular weight is 393 g/mol. The molecule has 26 heavy (non-hydrogen) atoms. The predicted octanol–water partition coefficient (Wildman–Crippen LogP) is 1.49. The lowest BCUT2D eigenvalue weighted by atomic mass is 9.99. The summed E-state index contributed by atoms with van der Waals surface area (Å²) in [5.41, 5.74) is 4.30. The predicted molar refractivity (Wildman–Crippen MR) is 89.7 cm³/mol. The fourth-order valence-corrected chi connectivity index (χ4v) is 4.48. The van der Waals surface area contributed by atoms with Crippen LogP contribution in [0.5, 0.6) is 0 Å². The van der Waals surface area contributed by atoms with Gasteiger partial charge in [-0.1, -0.05) is 6.07 Å². The smallest absolute Gasteiger partial charge is 0.355 e. The van der Waals surface area contributed by atoms with Crippen LogP contribution in [0, 0.1) is 12.8 Å². The molecule has 1 aliphatic rings. The summed E-state index contributed by atoms with van der Waals surface area (Å²) in [5, 5.41) is 2.62. The zero-order valence-corrected chi connectivity index (χ0v) is 15.2. The van der Waals surface area contributed by atoms with E-state index in [0.717, 1.165) is 16.4 Å². The van der Waals surface area contributed by atoms with E-state index >= 15 is 0 Å². The van der Waals surface area contributed by atoms with Crippen molar-refractivity contribution in [1.82, 2.24) is 9.62 Å². The molecule has 0 aromatic heterocycles. The lowest BCUT2D eigenvalue weighted by molar-refractivity contribution is -0.138. The Morgan fingerprint density at radius 2 is 2.08 bits per heavy atom. The molecule has 1 saturated heterocycles. The first-order chi connectivity index (χ1) is 12.1. The number of nitrogens with zero attached hydrogens (tertiary/aromatic N) is 1. The van der Waals surface area contributed by atoms with E-state index in [2.05, 4.69) is 5.32 Å². The van der Waals surface area contributed by atoms with E-state index in [1.54, 1.807) is 0 Å². The van der Waals surface area contributed by atoms with Crippen molar-refractivity contribution >= 4 is 15.9 Å². The SMILES string of the molecule is Cc1ccc(S(=O)(=O)N2CCCC(C(=O)NCCN)C2)cc1C(F)(F)F. The van der Waals surface area contributed by atoms with Gasteiger partial charge in [0.1, 0.15) is 0 Å². The molecular formula is C16H22F3N3O3S. The first-order valence-electron chi connectivity index (χ1n) is 8.23. The molecule has 1 heterocycles. The van der Waals surface area contributed by atoms with Gasteiger partial charge in [-0.25, -0.2) is 8.42 Å². The molecule has 6 nitrogen and oxygen atoms in total. The normalized spacial score (nSPS) is 19.3. The second-order valence-electron chi connectivity index (χ2n) is 6.26. The molecule has 0 bridgehead atoms. The van der Waals surface area contributed by atoms with Gasteiger partial charge in [0.2, 0.25) is 15.9 Å². The molecule has 0 radical (unpaired) electrons. The summed E-state index contributed by atoms with van der Waals surface area (Å²) in [6, 6.07) is 2.96. The summed E-state index contributed by atoms with van der Waals surface area (Å²) in [6.45, 7) is 1.93. The molecule has 1 fully saturated rings. The molecule has 3 N–H and O–H groups in total. The third kappa shape index (κ3) is 4.54. The number of sulfonamides is 1. The maximum absolute atomic E-state index is 13.1. The maximum atomic E-state index is 13.1. The van der Waals surface area contributed by atoms with Crippen LogP contribution in [-0.2, 0) is 21.0 Å². The van der Waals surface area contributed by atoms with E-state index in [1.807, 2.05) is 0 Å². The van der Waals surface area contributed by atoms with Crippen molar-refractivity contribution in [2.75, 3.05) is 26.2 Å². The van der Waals surface area contributed by atoms with Gasteiger partial charge in [0.15, 0.2) is 0 Å². The number of benzene rings is 1. The number of aryl methyl sites for hydroxylation is 1. The summed E-state index contributed by atoms with van der Waals surface area (Å²) >= 11 is 0. The van der Waals surface area contributed by atoms with Crippen LogP contribution in [0.15, 0.2) is 23.1 Å². The zero-order valence-electron chi connectivity index (χ0n) is 14.3. The largest absolute Gasteiger partial charge is 0.416 e. The van der Waals surface area contributed by atoms with Crippen LogP contribution in [0.2, 0.25) is 0 Å². The van der Waals surface area contributed by atoms with E-state index in [-0.39, 0.29) is 37.6 Å². The lowest BCUT2D eigenvalue weighted by Gasteiger charge is -2.31. The number of halogens is 3. The highest BCUT2D eigenvalue weighted by atomic mass is 32.2. The Balaban J connectivity index is 2.26. The van der Waals surface area contributed by atoms with E-state index in [0.29, 0.717) is 18.9 Å². The quantitative estimate of drug-likeness (QED) is 0.793. The number of carbonyl (C=O) groups is 1. The van der Waals surface area contributed by atoms with Crippen LogP contribution < -0.4 is 11.1 Å². The first-order valence-corrected chi connectivity index (χ1v) is 9.67. The van der Waals surface area contributed by atoms with E-state index in [1.165, 1.54) is 6.92 Å². The van der Waals surface area contributed by atoms with Crippen molar-refractivity contribution in [3.8, 4) is 0 Å². The van der Waals surface area contributed by atoms with Crippen molar-refractivity contribution in [3.05, 3.63) is 29.3 Å². The molecule has 1 aliphatic heterocycles. The van der Waals surface area contributed by atoms with Crippen LogP contribution >= 0.6 is 0 Å². The molecule has 0 aliphatic carbocycles. The van der Waals surface area contributed by atoms with Gasteiger partial charge < -0.3 is 11.1 Å². The van der Waals surface area contributed by atoms with Gasteiger partial charge in [-0.15, -0.1) is 0 Å². The highest BCUT2D eigenvalue weighted by Gasteiger charge is 2.36. The number of rotatable bonds is 5. The highest BCUT2D eigenvalue weighted by Crippen LogP contribution is 2.34. The maximum Gasteiger partial charge on any atom is 0.416 e. The first kappa shape index (κ1) is 20.7. The molecule has 0 spiro atoms. The number of hydrogen-bond acceptors (Lipinski definition) is 4. The molecule has 2 rings (SSSR count). The number of piperidine rings is 1. The molecule has 1 atom stereocenters. The Morgan fingerprint density at radius 1 is 1.38 bits per heavy atom. The number of carbonyl (C=O) groups excluding carboxylic acids is 1. The van der Waals surface area contributed by atoms with Gasteiger partial charge in [-0.05, 0) is 37.5 Å². The Hall–Kier alpha value is -1.65. The van der Waals surface area contributed by atoms with Crippen LogP contribution in [0.25, 0.3) is 0 Å². The fourth-order valence-electron chi connectivity index (χ4n) is 2.93. The second-order valence-corrected chi connectivity index (χ2v) is 8.19. The van der Waals surface area contributed by atoms with Gasteiger partial charge in [0.05, 0.1) is 16.4 Å². The minimum Gasteiger partial charge on any atom is -0.355 e. The van der Waals surface area contributed by atoms with Crippen LogP contribution in [0.1, 0.15) is 24.0 Å². The van der Waals surface area contributed by atoms with Gasteiger partial charge in [-0.2, -0.15) is 17.5 Å². The van der Waals surface area contributed by atoms with Crippen molar-refractivity contribution < 1.29 is 26.4 Å². The minimum atomic E-state index is -4.64. The molecule has 10 heteroatoms. The summed E-state index contributed by atoms with van der Waals surface area (Å²) in [6.07, 6.45) is -3.66. The third-order valence-corrected chi connectivity index (χ3v) is 6.21. The van der Waals surface area contributed by atoms with Crippen LogP contribution in [-0.4, -0.2) is 44.8 Å². The Morgan fingerprint density at radius 3 is 2.69 bits per heavy atom. The summed E-state index contributed by atoms with van der Waals surface area (Å²) in [7, 11) is -4.12. The van der Waals surface area contributed by atoms with E-state index in [9.17, 15) is 26.4 Å². The number of hydrogen-bond donors (Lipinski definition) is 2. The molecule has 1 aromatic carbocycles. The monoisotopic (exact) mass is 393 g/mol. The number of alkyl halides is 3. The van der Waals surface area contributed by atoms with Crippen LogP contribution in [0.3, 0.4) is 0 Å². The Bertz CT molecular complexity index is 766. The number of nitrogens with two attached hydrogens (primary N) is 1. The Labute approximate surface area is 150 Å². The van der Waals surface area contributed by atoms with Gasteiger partial charge in [0.25, 0.3) is 0 Å². The van der Waals surface area contributed by atoms with Crippen LogP contribution in [0.4, 0.5) is 13.2 Å². The molecular weight excluding hydrogens is 371 g/mol. The van der Waals surface area contributed by atoms with Crippen molar-refractivity contribution in [2.24, 2.45) is 11.7 Å². The molecule has 146 valence electrons. The third-order valence-electron chi connectivity index (χ3n) is 4.35. The average Bonchev–Trinajstić information content (AvgIpc) is 2.59. The topological polar surface area (TPSA) is 92.5 Å². The minimum absolute atomic E-state index is 0.0471. The van der Waals surface area contributed by atoms with Crippen molar-refractivity contribution in [1.29, 1.82) is 0 Å². The van der Waals surface area contributed by atoms with Gasteiger partial charge in [0, 0.05) is 26.2 Å². The molecule has 1 amide bonds. The number of amides is 1. The van der Waals surface area contributed by atoms with E-state index in [4.69, 9.17) is 5.73 Å². The lowest BCUT2D eigenvalue weighted by Crippen LogP contribution is -2.46. The van der Waals surface area contributed by atoms with Gasteiger partial charge in [-0.3, -0.25) is 4.79 Å². The summed E-state index contributed by atoms with van der Waals surface area (Å²) in [5.74, 6) is -0.840. The Kier molecular flexibility index (Phi) is 6.30. The van der Waals surface area contributed by atoms with Crippen molar-refractivity contribution in [2.45, 2.75) is 30.8 Å². The second kappa shape index (κ2) is 7.93. The summed E-state index contributed by atoms with van der Waals surface area (Å²) < 4.78 is 65.8. The molecule has 1 unspecified atom stereocenters. The summed E-state index contributed by atoms with van der Waals surface area (Å²) in [4.78, 5) is 11.6. The highest BCUT2D eigenvalue weighted by molar-refractivity contribution is 7.89. The van der Waals surface area contributed by atoms with E-state index < -0.39 is 32.6 Å². The van der Waals surface area contributed by atoms with Crippen molar-refractivity contribution in [3.63, 3.8) is 0 Å². The number of nitrogens with one attached hydrogen (secondary N) is 1. The molecule has 1 aromatic rings. The van der Waals surface area contributed by atoms with Gasteiger partial charge >= 0.3 is 6.18 Å². The zero-order chi connectivity index (χ0) is 19.5. The molecule has 0 saturated carbocycles.